The first-order chi connectivity index (χ1) is 7.36. The number of likely N-dealkylation sites (tertiary alicyclic amines) is 1. The van der Waals surface area contributed by atoms with Crippen LogP contribution in [-0.2, 0) is 4.74 Å². The highest BCUT2D eigenvalue weighted by atomic mass is 35.5. The van der Waals surface area contributed by atoms with Crippen molar-refractivity contribution in [2.45, 2.75) is 25.3 Å². The maximum absolute atomic E-state index is 5.73. The molecule has 0 aromatic heterocycles. The molecular formula is C11H23ClN2O. The van der Waals surface area contributed by atoms with Crippen LogP contribution in [0.4, 0.5) is 0 Å². The Kier molecular flexibility index (Phi) is 7.36. The highest BCUT2D eigenvalue weighted by Gasteiger charge is 2.12. The summed E-state index contributed by atoms with van der Waals surface area (Å²) >= 11 is 5.73. The second-order valence-electron chi connectivity index (χ2n) is 4.13. The monoisotopic (exact) mass is 234 g/mol. The first-order valence-electron chi connectivity index (χ1n) is 5.87. The second-order valence-corrected chi connectivity index (χ2v) is 4.51. The third kappa shape index (κ3) is 5.71. The minimum absolute atomic E-state index is 0.412. The number of nitrogens with one attached hydrogen (secondary N) is 1. The van der Waals surface area contributed by atoms with Gasteiger partial charge in [0.05, 0.1) is 6.61 Å². The van der Waals surface area contributed by atoms with Crippen LogP contribution in [0.3, 0.4) is 0 Å². The van der Waals surface area contributed by atoms with E-state index in [1.165, 1.54) is 25.9 Å². The van der Waals surface area contributed by atoms with Crippen molar-refractivity contribution in [2.24, 2.45) is 0 Å². The molecule has 15 heavy (non-hydrogen) atoms. The van der Waals surface area contributed by atoms with Crippen molar-refractivity contribution in [1.82, 2.24) is 10.2 Å². The van der Waals surface area contributed by atoms with E-state index in [2.05, 4.69) is 10.2 Å². The van der Waals surface area contributed by atoms with Gasteiger partial charge in [-0.3, -0.25) is 0 Å². The molecule has 1 fully saturated rings. The number of rotatable bonds is 8. The fraction of sp³-hybridized carbons (Fsp3) is 1.00. The third-order valence-corrected chi connectivity index (χ3v) is 3.10. The zero-order valence-electron chi connectivity index (χ0n) is 9.67. The van der Waals surface area contributed by atoms with Gasteiger partial charge in [-0.2, -0.15) is 0 Å². The molecule has 0 aliphatic carbocycles. The van der Waals surface area contributed by atoms with Crippen molar-refractivity contribution >= 4 is 11.6 Å². The minimum atomic E-state index is 0.412. The highest BCUT2D eigenvalue weighted by molar-refractivity contribution is 6.17. The van der Waals surface area contributed by atoms with Gasteiger partial charge in [-0.1, -0.05) is 0 Å². The average Bonchev–Trinajstić information content (AvgIpc) is 2.71. The largest absolute Gasteiger partial charge is 0.383 e. The molecule has 0 radical (unpaired) electrons. The molecule has 0 spiro atoms. The van der Waals surface area contributed by atoms with Gasteiger partial charge in [-0.25, -0.2) is 0 Å². The number of hydrogen-bond donors (Lipinski definition) is 1. The number of alkyl halides is 1. The molecule has 4 heteroatoms. The molecule has 3 nitrogen and oxygen atoms in total. The van der Waals surface area contributed by atoms with Crippen molar-refractivity contribution in [3.63, 3.8) is 0 Å². The fourth-order valence-corrected chi connectivity index (χ4v) is 2.27. The molecule has 90 valence electrons. The molecule has 0 bridgehead atoms. The molecule has 0 aromatic rings. The lowest BCUT2D eigenvalue weighted by Crippen LogP contribution is -2.38. The Labute approximate surface area is 98.1 Å². The molecule has 1 aliphatic heterocycles. The quantitative estimate of drug-likeness (QED) is 0.641. The smallest absolute Gasteiger partial charge is 0.0616 e. The summed E-state index contributed by atoms with van der Waals surface area (Å²) in [6.45, 7) is 5.50. The molecule has 1 heterocycles. The average molecular weight is 235 g/mol. The zero-order valence-corrected chi connectivity index (χ0v) is 10.4. The first-order valence-corrected chi connectivity index (χ1v) is 6.41. The Balaban J connectivity index is 2.04. The van der Waals surface area contributed by atoms with Gasteiger partial charge in [-0.05, 0) is 32.4 Å². The first kappa shape index (κ1) is 13.2. The van der Waals surface area contributed by atoms with Gasteiger partial charge in [0.1, 0.15) is 0 Å². The van der Waals surface area contributed by atoms with E-state index in [1.807, 2.05) is 0 Å². The van der Waals surface area contributed by atoms with E-state index in [1.54, 1.807) is 7.11 Å². The maximum Gasteiger partial charge on any atom is 0.0616 e. The van der Waals surface area contributed by atoms with Crippen molar-refractivity contribution < 1.29 is 4.74 Å². The lowest BCUT2D eigenvalue weighted by Gasteiger charge is -2.20. The summed E-state index contributed by atoms with van der Waals surface area (Å²) in [4.78, 5) is 2.51. The van der Waals surface area contributed by atoms with E-state index in [0.29, 0.717) is 11.9 Å². The van der Waals surface area contributed by atoms with Gasteiger partial charge in [0.15, 0.2) is 0 Å². The zero-order chi connectivity index (χ0) is 10.9. The van der Waals surface area contributed by atoms with Crippen LogP contribution >= 0.6 is 11.6 Å². The molecule has 1 atom stereocenters. The number of nitrogens with zero attached hydrogens (tertiary/aromatic N) is 1. The number of halogens is 1. The number of methoxy groups -OCH3 is 1. The lowest BCUT2D eigenvalue weighted by atomic mass is 10.2. The van der Waals surface area contributed by atoms with Gasteiger partial charge >= 0.3 is 0 Å². The summed E-state index contributed by atoms with van der Waals surface area (Å²) in [5.41, 5.74) is 0. The Hall–Kier alpha value is 0.170. The molecule has 1 rings (SSSR count). The van der Waals surface area contributed by atoms with Crippen LogP contribution in [0.25, 0.3) is 0 Å². The summed E-state index contributed by atoms with van der Waals surface area (Å²) in [7, 11) is 1.74. The summed E-state index contributed by atoms with van der Waals surface area (Å²) < 4.78 is 5.14. The van der Waals surface area contributed by atoms with Crippen molar-refractivity contribution in [2.75, 3.05) is 45.8 Å². The van der Waals surface area contributed by atoms with E-state index in [9.17, 15) is 0 Å². The van der Waals surface area contributed by atoms with Crippen LogP contribution in [0.2, 0.25) is 0 Å². The predicted octanol–water partition coefficient (Wildman–Crippen LogP) is 1.32. The normalized spacial score (nSPS) is 19.6. The Morgan fingerprint density at radius 3 is 2.73 bits per heavy atom. The number of hydrogen-bond acceptors (Lipinski definition) is 3. The fourth-order valence-electron chi connectivity index (χ4n) is 2.01. The number of ether oxygens (including phenoxy) is 1. The lowest BCUT2D eigenvalue weighted by molar-refractivity contribution is 0.162. The van der Waals surface area contributed by atoms with E-state index >= 15 is 0 Å². The van der Waals surface area contributed by atoms with E-state index in [-0.39, 0.29) is 0 Å². The van der Waals surface area contributed by atoms with Crippen LogP contribution in [0.1, 0.15) is 19.3 Å². The van der Waals surface area contributed by atoms with Crippen LogP contribution in [0.5, 0.6) is 0 Å². The predicted molar refractivity (Wildman–Crippen MR) is 64.7 cm³/mol. The second kappa shape index (κ2) is 8.34. The van der Waals surface area contributed by atoms with Crippen molar-refractivity contribution in [3.8, 4) is 0 Å². The topological polar surface area (TPSA) is 24.5 Å². The molecule has 1 N–H and O–H groups in total. The van der Waals surface area contributed by atoms with Crippen LogP contribution < -0.4 is 5.32 Å². The van der Waals surface area contributed by atoms with Gasteiger partial charge in [0.2, 0.25) is 0 Å². The summed E-state index contributed by atoms with van der Waals surface area (Å²) in [5.74, 6) is 0.699. The Bertz CT molecular complexity index is 146. The van der Waals surface area contributed by atoms with E-state index < -0.39 is 0 Å². The van der Waals surface area contributed by atoms with Crippen LogP contribution in [0, 0.1) is 0 Å². The molecule has 1 aliphatic rings. The van der Waals surface area contributed by atoms with Crippen molar-refractivity contribution in [1.29, 1.82) is 0 Å². The Morgan fingerprint density at radius 1 is 1.40 bits per heavy atom. The molecule has 1 saturated heterocycles. The molecular weight excluding hydrogens is 212 g/mol. The van der Waals surface area contributed by atoms with Gasteiger partial charge in [0, 0.05) is 32.1 Å². The summed E-state index contributed by atoms with van der Waals surface area (Å²) in [6.07, 6.45) is 3.71. The van der Waals surface area contributed by atoms with Gasteiger partial charge in [0.25, 0.3) is 0 Å². The van der Waals surface area contributed by atoms with Gasteiger partial charge in [-0.15, -0.1) is 11.6 Å². The highest BCUT2D eigenvalue weighted by Crippen LogP contribution is 2.05. The van der Waals surface area contributed by atoms with Crippen LogP contribution in [0.15, 0.2) is 0 Å². The van der Waals surface area contributed by atoms with Crippen LogP contribution in [-0.4, -0.2) is 56.7 Å². The maximum atomic E-state index is 5.73. The minimum Gasteiger partial charge on any atom is -0.383 e. The summed E-state index contributed by atoms with van der Waals surface area (Å²) in [5, 5.41) is 3.50. The van der Waals surface area contributed by atoms with E-state index in [0.717, 1.165) is 26.1 Å². The third-order valence-electron chi connectivity index (χ3n) is 2.89. The Morgan fingerprint density at radius 2 is 2.13 bits per heavy atom. The van der Waals surface area contributed by atoms with Crippen molar-refractivity contribution in [3.05, 3.63) is 0 Å². The molecule has 0 amide bonds. The molecule has 0 aromatic carbocycles. The molecule has 1 unspecified atom stereocenters. The standard InChI is InChI=1S/C11H23ClN2O/c1-15-10-11(4-5-12)13-6-9-14-7-2-3-8-14/h11,13H,2-10H2,1H3. The SMILES string of the molecule is COCC(CCCl)NCCN1CCCC1. The summed E-state index contributed by atoms with van der Waals surface area (Å²) in [6, 6.07) is 0.412. The van der Waals surface area contributed by atoms with E-state index in [4.69, 9.17) is 16.3 Å². The molecule has 0 saturated carbocycles. The van der Waals surface area contributed by atoms with Gasteiger partial charge < -0.3 is 15.0 Å².